The summed E-state index contributed by atoms with van der Waals surface area (Å²) < 4.78 is 11.1. The molecule has 0 fully saturated rings. The van der Waals surface area contributed by atoms with E-state index in [2.05, 4.69) is 39.7 Å². The zero-order chi connectivity index (χ0) is 19.1. The molecule has 1 heterocycles. The molecule has 0 saturated heterocycles. The maximum absolute atomic E-state index is 5.82. The zero-order valence-electron chi connectivity index (χ0n) is 15.8. The van der Waals surface area contributed by atoms with Crippen molar-refractivity contribution in [3.8, 4) is 17.1 Å². The average Bonchev–Trinajstić information content (AvgIpc) is 3.18. The highest BCUT2D eigenvalue weighted by Gasteiger charge is 2.07. The molecule has 0 aliphatic carbocycles. The van der Waals surface area contributed by atoms with Crippen LogP contribution in [-0.2, 0) is 13.1 Å². The number of aliphatic imine (C=N–C) groups is 1. The molecule has 140 valence electrons. The van der Waals surface area contributed by atoms with Gasteiger partial charge in [0.1, 0.15) is 5.75 Å². The summed E-state index contributed by atoms with van der Waals surface area (Å²) in [4.78, 5) is 8.56. The van der Waals surface area contributed by atoms with Crippen molar-refractivity contribution < 1.29 is 9.15 Å². The molecule has 0 atom stereocenters. The molecule has 2 aromatic carbocycles. The van der Waals surface area contributed by atoms with E-state index in [1.165, 1.54) is 5.56 Å². The highest BCUT2D eigenvalue weighted by molar-refractivity contribution is 5.79. The van der Waals surface area contributed by atoms with Crippen LogP contribution < -0.4 is 15.4 Å². The van der Waals surface area contributed by atoms with Gasteiger partial charge in [0, 0.05) is 19.2 Å². The second-order valence-corrected chi connectivity index (χ2v) is 6.12. The van der Waals surface area contributed by atoms with E-state index in [4.69, 9.17) is 9.15 Å². The molecule has 0 amide bonds. The number of oxazole rings is 1. The molecule has 1 aromatic heterocycles. The Balaban J connectivity index is 1.54. The SMILES string of the molecule is CN=C(NCc1cccc(OC)c1)NCc1ncc(-c2ccc(C)cc2)o1. The van der Waals surface area contributed by atoms with E-state index < -0.39 is 0 Å². The van der Waals surface area contributed by atoms with Crippen LogP contribution in [0.2, 0.25) is 0 Å². The largest absolute Gasteiger partial charge is 0.497 e. The van der Waals surface area contributed by atoms with Crippen LogP contribution >= 0.6 is 0 Å². The van der Waals surface area contributed by atoms with Crippen molar-refractivity contribution in [2.24, 2.45) is 4.99 Å². The topological polar surface area (TPSA) is 71.7 Å². The van der Waals surface area contributed by atoms with Crippen molar-refractivity contribution in [1.29, 1.82) is 0 Å². The highest BCUT2D eigenvalue weighted by atomic mass is 16.5. The lowest BCUT2D eigenvalue weighted by atomic mass is 10.1. The van der Waals surface area contributed by atoms with E-state index in [-0.39, 0.29) is 0 Å². The Morgan fingerprint density at radius 1 is 1.11 bits per heavy atom. The van der Waals surface area contributed by atoms with Crippen molar-refractivity contribution in [1.82, 2.24) is 15.6 Å². The number of benzene rings is 2. The van der Waals surface area contributed by atoms with Crippen LogP contribution in [0.25, 0.3) is 11.3 Å². The number of rotatable bonds is 6. The number of aromatic nitrogens is 1. The van der Waals surface area contributed by atoms with Crippen molar-refractivity contribution in [2.75, 3.05) is 14.2 Å². The number of hydrogen-bond acceptors (Lipinski definition) is 4. The standard InChI is InChI=1S/C21H24N4O2/c1-15-7-9-17(10-8-15)19-13-23-20(27-19)14-25-21(22-2)24-12-16-5-4-6-18(11-16)26-3/h4-11,13H,12,14H2,1-3H3,(H2,22,24,25). The Hall–Kier alpha value is -3.28. The number of nitrogens with one attached hydrogen (secondary N) is 2. The summed E-state index contributed by atoms with van der Waals surface area (Å²) in [5, 5.41) is 6.48. The van der Waals surface area contributed by atoms with Crippen molar-refractivity contribution in [3.63, 3.8) is 0 Å². The molecule has 0 unspecified atom stereocenters. The van der Waals surface area contributed by atoms with Gasteiger partial charge in [0.15, 0.2) is 11.7 Å². The smallest absolute Gasteiger partial charge is 0.214 e. The molecule has 0 saturated carbocycles. The van der Waals surface area contributed by atoms with Crippen LogP contribution in [0.5, 0.6) is 5.75 Å². The molecule has 6 nitrogen and oxygen atoms in total. The third-order valence-corrected chi connectivity index (χ3v) is 4.11. The van der Waals surface area contributed by atoms with Gasteiger partial charge in [-0.15, -0.1) is 0 Å². The molecule has 3 rings (SSSR count). The van der Waals surface area contributed by atoms with E-state index in [9.17, 15) is 0 Å². The first-order chi connectivity index (χ1) is 13.2. The van der Waals surface area contributed by atoms with Gasteiger partial charge in [-0.1, -0.05) is 42.0 Å². The van der Waals surface area contributed by atoms with Crippen LogP contribution in [0.1, 0.15) is 17.0 Å². The molecule has 3 aromatic rings. The van der Waals surface area contributed by atoms with Gasteiger partial charge in [-0.25, -0.2) is 4.98 Å². The van der Waals surface area contributed by atoms with E-state index in [1.807, 2.05) is 36.4 Å². The minimum Gasteiger partial charge on any atom is -0.497 e. The van der Waals surface area contributed by atoms with Crippen LogP contribution in [0.4, 0.5) is 0 Å². The van der Waals surface area contributed by atoms with Crippen LogP contribution in [0.15, 0.2) is 64.1 Å². The average molecular weight is 364 g/mol. The fourth-order valence-electron chi connectivity index (χ4n) is 2.59. The third kappa shape index (κ3) is 5.10. The lowest BCUT2D eigenvalue weighted by molar-refractivity contribution is 0.414. The minimum atomic E-state index is 0.448. The van der Waals surface area contributed by atoms with Crippen LogP contribution in [0, 0.1) is 6.92 Å². The lowest BCUT2D eigenvalue weighted by Gasteiger charge is -2.11. The fourth-order valence-corrected chi connectivity index (χ4v) is 2.59. The summed E-state index contributed by atoms with van der Waals surface area (Å²) >= 11 is 0. The molecule has 6 heteroatoms. The maximum atomic E-state index is 5.82. The van der Waals surface area contributed by atoms with Gasteiger partial charge < -0.3 is 19.8 Å². The second kappa shape index (κ2) is 8.89. The van der Waals surface area contributed by atoms with Crippen molar-refractivity contribution in [3.05, 3.63) is 71.7 Å². The van der Waals surface area contributed by atoms with Gasteiger partial charge in [-0.05, 0) is 24.6 Å². The summed E-state index contributed by atoms with van der Waals surface area (Å²) in [5.74, 6) is 2.87. The summed E-state index contributed by atoms with van der Waals surface area (Å²) in [6.07, 6.45) is 1.74. The predicted octanol–water partition coefficient (Wildman–Crippen LogP) is 3.52. The highest BCUT2D eigenvalue weighted by Crippen LogP contribution is 2.20. The van der Waals surface area contributed by atoms with E-state index in [0.717, 1.165) is 22.6 Å². The first-order valence-electron chi connectivity index (χ1n) is 8.77. The lowest BCUT2D eigenvalue weighted by Crippen LogP contribution is -2.36. The monoisotopic (exact) mass is 364 g/mol. The molecule has 0 bridgehead atoms. The predicted molar refractivity (Wildman–Crippen MR) is 107 cm³/mol. The van der Waals surface area contributed by atoms with Gasteiger partial charge in [-0.2, -0.15) is 0 Å². The molecule has 27 heavy (non-hydrogen) atoms. The zero-order valence-corrected chi connectivity index (χ0v) is 15.8. The van der Waals surface area contributed by atoms with Crippen LogP contribution in [0.3, 0.4) is 0 Å². The normalized spacial score (nSPS) is 11.3. The number of aryl methyl sites for hydroxylation is 1. The number of hydrogen-bond donors (Lipinski definition) is 2. The summed E-state index contributed by atoms with van der Waals surface area (Å²) in [7, 11) is 3.39. The fraction of sp³-hybridized carbons (Fsp3) is 0.238. The summed E-state index contributed by atoms with van der Waals surface area (Å²) in [5.41, 5.74) is 3.33. The Labute approximate surface area is 159 Å². The van der Waals surface area contributed by atoms with Gasteiger partial charge >= 0.3 is 0 Å². The molecule has 2 N–H and O–H groups in total. The summed E-state index contributed by atoms with van der Waals surface area (Å²) in [6.45, 7) is 3.14. The van der Waals surface area contributed by atoms with Gasteiger partial charge in [-0.3, -0.25) is 4.99 Å². The first-order valence-corrected chi connectivity index (χ1v) is 8.77. The van der Waals surface area contributed by atoms with Gasteiger partial charge in [0.25, 0.3) is 0 Å². The van der Waals surface area contributed by atoms with Crippen LogP contribution in [-0.4, -0.2) is 25.1 Å². The van der Waals surface area contributed by atoms with Gasteiger partial charge in [0.2, 0.25) is 5.89 Å². The van der Waals surface area contributed by atoms with Crippen molar-refractivity contribution >= 4 is 5.96 Å². The van der Waals surface area contributed by atoms with E-state index >= 15 is 0 Å². The maximum Gasteiger partial charge on any atom is 0.214 e. The second-order valence-electron chi connectivity index (χ2n) is 6.12. The Kier molecular flexibility index (Phi) is 6.10. The Bertz CT molecular complexity index is 901. The number of methoxy groups -OCH3 is 1. The van der Waals surface area contributed by atoms with Crippen molar-refractivity contribution in [2.45, 2.75) is 20.0 Å². The minimum absolute atomic E-state index is 0.448. The number of nitrogens with zero attached hydrogens (tertiary/aromatic N) is 2. The molecular formula is C21H24N4O2. The summed E-state index contributed by atoms with van der Waals surface area (Å²) in [6, 6.07) is 16.1. The number of guanidine groups is 1. The quantitative estimate of drug-likeness (QED) is 0.517. The van der Waals surface area contributed by atoms with E-state index in [0.29, 0.717) is 24.9 Å². The molecule has 0 aliphatic rings. The molecular weight excluding hydrogens is 340 g/mol. The first kappa shape index (κ1) is 18.5. The molecule has 0 aliphatic heterocycles. The molecule has 0 spiro atoms. The Morgan fingerprint density at radius 2 is 1.89 bits per heavy atom. The van der Waals surface area contributed by atoms with Gasteiger partial charge in [0.05, 0.1) is 19.9 Å². The third-order valence-electron chi connectivity index (χ3n) is 4.11. The molecule has 0 radical (unpaired) electrons. The number of ether oxygens (including phenoxy) is 1. The Morgan fingerprint density at radius 3 is 2.63 bits per heavy atom. The van der Waals surface area contributed by atoms with E-state index in [1.54, 1.807) is 20.4 Å².